The monoisotopic (exact) mass is 519 g/mol. The summed E-state index contributed by atoms with van der Waals surface area (Å²) in [6.07, 6.45) is -2.38. The van der Waals surface area contributed by atoms with Gasteiger partial charge in [0.05, 0.1) is 29.3 Å². The second-order valence-corrected chi connectivity index (χ2v) is 9.58. The molecule has 1 aromatic carbocycles. The first-order valence-electron chi connectivity index (χ1n) is 11.9. The first kappa shape index (κ1) is 25.1. The van der Waals surface area contributed by atoms with Gasteiger partial charge in [-0.2, -0.15) is 13.2 Å². The van der Waals surface area contributed by atoms with E-state index in [0.717, 1.165) is 38.0 Å². The lowest BCUT2D eigenvalue weighted by Gasteiger charge is -2.47. The molecule has 4 heterocycles. The number of ether oxygens (including phenoxy) is 1. The normalized spacial score (nSPS) is 18.1. The SMILES string of the molecule is Cc1nc2nc(C(F)(F)F)c(C(C)Nc3ccc(C(=O)N4CCC5(CCO5)CC4)cc3F)cc2c(=O)[nH]1. The van der Waals surface area contributed by atoms with Crippen molar-refractivity contribution in [1.29, 1.82) is 0 Å². The largest absolute Gasteiger partial charge is 0.433 e. The van der Waals surface area contributed by atoms with E-state index in [1.54, 1.807) is 4.90 Å². The highest BCUT2D eigenvalue weighted by molar-refractivity contribution is 5.94. The molecule has 0 aliphatic carbocycles. The summed E-state index contributed by atoms with van der Waals surface area (Å²) in [4.78, 5) is 36.8. The van der Waals surface area contributed by atoms with E-state index in [2.05, 4.69) is 20.3 Å². The number of aromatic nitrogens is 3. The van der Waals surface area contributed by atoms with E-state index in [1.807, 2.05) is 0 Å². The summed E-state index contributed by atoms with van der Waals surface area (Å²) in [5.41, 5.74) is -2.58. The Balaban J connectivity index is 1.38. The highest BCUT2D eigenvalue weighted by atomic mass is 19.4. The summed E-state index contributed by atoms with van der Waals surface area (Å²) >= 11 is 0. The standard InChI is InChI=1S/C25H25F4N5O3/c1-13(16-12-17-21(31-14(2)32-22(17)35)33-20(16)25(27,28)29)30-19-4-3-15(11-18(19)26)23(36)34-8-5-24(6-9-34)7-10-37-24/h3-4,11-13,30H,5-10H2,1-2H3,(H,31,32,33,35). The Morgan fingerprint density at radius 3 is 2.49 bits per heavy atom. The van der Waals surface area contributed by atoms with Crippen LogP contribution in [0.1, 0.15) is 59.7 Å². The number of aryl methyl sites for hydroxylation is 1. The number of piperidine rings is 1. The van der Waals surface area contributed by atoms with Crippen LogP contribution in [-0.4, -0.2) is 51.1 Å². The predicted octanol–water partition coefficient (Wildman–Crippen LogP) is 4.35. The number of H-pyrrole nitrogens is 1. The van der Waals surface area contributed by atoms with Crippen molar-refractivity contribution < 1.29 is 27.1 Å². The number of hydrogen-bond acceptors (Lipinski definition) is 6. The Morgan fingerprint density at radius 1 is 1.19 bits per heavy atom. The molecule has 196 valence electrons. The van der Waals surface area contributed by atoms with Gasteiger partial charge in [-0.15, -0.1) is 0 Å². The van der Waals surface area contributed by atoms with E-state index in [9.17, 15) is 27.2 Å². The number of nitrogens with zero attached hydrogens (tertiary/aromatic N) is 3. The Kier molecular flexibility index (Phi) is 6.17. The average Bonchev–Trinajstić information content (AvgIpc) is 2.82. The molecule has 37 heavy (non-hydrogen) atoms. The number of pyridine rings is 1. The average molecular weight is 519 g/mol. The first-order chi connectivity index (χ1) is 17.5. The summed E-state index contributed by atoms with van der Waals surface area (Å²) in [6, 6.07) is 3.82. The first-order valence-corrected chi connectivity index (χ1v) is 11.9. The number of fused-ring (bicyclic) bond motifs is 1. The Labute approximate surface area is 209 Å². The van der Waals surface area contributed by atoms with Crippen LogP contribution < -0.4 is 10.9 Å². The molecule has 1 unspecified atom stereocenters. The van der Waals surface area contributed by atoms with Gasteiger partial charge in [-0.3, -0.25) is 9.59 Å². The van der Waals surface area contributed by atoms with Crippen LogP contribution in [0.4, 0.5) is 23.2 Å². The molecule has 0 bridgehead atoms. The van der Waals surface area contributed by atoms with Crippen LogP contribution in [0, 0.1) is 12.7 Å². The predicted molar refractivity (Wildman–Crippen MR) is 127 cm³/mol. The highest BCUT2D eigenvalue weighted by Gasteiger charge is 2.42. The van der Waals surface area contributed by atoms with Crippen LogP contribution in [0.2, 0.25) is 0 Å². The van der Waals surface area contributed by atoms with Crippen molar-refractivity contribution in [3.8, 4) is 0 Å². The lowest BCUT2D eigenvalue weighted by Crippen LogP contribution is -2.53. The number of rotatable bonds is 4. The zero-order chi connectivity index (χ0) is 26.5. The molecule has 2 saturated heterocycles. The summed E-state index contributed by atoms with van der Waals surface area (Å²) in [5, 5.41) is 2.61. The van der Waals surface area contributed by atoms with Gasteiger partial charge >= 0.3 is 6.18 Å². The zero-order valence-corrected chi connectivity index (χ0v) is 20.2. The van der Waals surface area contributed by atoms with E-state index >= 15 is 0 Å². The van der Waals surface area contributed by atoms with Gasteiger partial charge in [0, 0.05) is 24.2 Å². The smallest absolute Gasteiger partial charge is 0.376 e. The molecule has 3 aromatic rings. The van der Waals surface area contributed by atoms with Gasteiger partial charge in [0.1, 0.15) is 11.6 Å². The summed E-state index contributed by atoms with van der Waals surface area (Å²) in [5.74, 6) is -0.965. The fourth-order valence-electron chi connectivity index (χ4n) is 4.91. The minimum absolute atomic E-state index is 0.0892. The molecule has 1 atom stereocenters. The number of likely N-dealkylation sites (tertiary alicyclic amines) is 1. The Hall–Kier alpha value is -3.54. The number of benzene rings is 1. The van der Waals surface area contributed by atoms with Crippen molar-refractivity contribution >= 4 is 22.6 Å². The molecule has 1 amide bonds. The lowest BCUT2D eigenvalue weighted by molar-refractivity contribution is -0.169. The van der Waals surface area contributed by atoms with Crippen molar-refractivity contribution in [1.82, 2.24) is 19.9 Å². The summed E-state index contributed by atoms with van der Waals surface area (Å²) in [6.45, 7) is 4.60. The zero-order valence-electron chi connectivity index (χ0n) is 20.2. The van der Waals surface area contributed by atoms with Crippen molar-refractivity contribution in [2.75, 3.05) is 25.0 Å². The van der Waals surface area contributed by atoms with Crippen LogP contribution in [0.25, 0.3) is 11.0 Å². The molecule has 5 rings (SSSR count). The lowest BCUT2D eigenvalue weighted by atomic mass is 9.84. The number of carbonyl (C=O) groups excluding carboxylic acids is 1. The number of aromatic amines is 1. The van der Waals surface area contributed by atoms with Gasteiger partial charge < -0.3 is 19.9 Å². The number of hydrogen-bond donors (Lipinski definition) is 2. The fraction of sp³-hybridized carbons (Fsp3) is 0.440. The van der Waals surface area contributed by atoms with Crippen molar-refractivity contribution in [2.45, 2.75) is 50.9 Å². The molecule has 8 nitrogen and oxygen atoms in total. The van der Waals surface area contributed by atoms with Gasteiger partial charge in [0.15, 0.2) is 11.3 Å². The molecule has 2 aromatic heterocycles. The van der Waals surface area contributed by atoms with E-state index in [1.165, 1.54) is 26.0 Å². The van der Waals surface area contributed by atoms with Crippen LogP contribution in [0.5, 0.6) is 0 Å². The number of amides is 1. The molecular formula is C25H25F4N5O3. The van der Waals surface area contributed by atoms with Gasteiger partial charge in [-0.05, 0) is 57.4 Å². The molecule has 0 radical (unpaired) electrons. The van der Waals surface area contributed by atoms with Crippen LogP contribution >= 0.6 is 0 Å². The number of halogens is 4. The molecular weight excluding hydrogens is 494 g/mol. The summed E-state index contributed by atoms with van der Waals surface area (Å²) < 4.78 is 62.1. The molecule has 2 N–H and O–H groups in total. The molecule has 2 aliphatic rings. The van der Waals surface area contributed by atoms with E-state index in [0.29, 0.717) is 13.1 Å². The maximum atomic E-state index is 15.0. The third-order valence-electron chi connectivity index (χ3n) is 7.10. The van der Waals surface area contributed by atoms with Crippen LogP contribution in [0.3, 0.4) is 0 Å². The maximum Gasteiger partial charge on any atom is 0.433 e. The van der Waals surface area contributed by atoms with Crippen molar-refractivity contribution in [3.05, 3.63) is 63.1 Å². The summed E-state index contributed by atoms with van der Waals surface area (Å²) in [7, 11) is 0. The maximum absolute atomic E-state index is 15.0. The van der Waals surface area contributed by atoms with Gasteiger partial charge in [0.25, 0.3) is 11.5 Å². The quantitative estimate of drug-likeness (QED) is 0.497. The second kappa shape index (κ2) is 9.09. The molecule has 1 spiro atoms. The number of alkyl halides is 3. The fourth-order valence-corrected chi connectivity index (χ4v) is 4.91. The molecule has 12 heteroatoms. The number of nitrogens with one attached hydrogen (secondary N) is 2. The topological polar surface area (TPSA) is 100 Å². The Morgan fingerprint density at radius 2 is 1.89 bits per heavy atom. The minimum atomic E-state index is -4.83. The number of anilines is 1. The highest BCUT2D eigenvalue weighted by Crippen LogP contribution is 2.38. The van der Waals surface area contributed by atoms with Gasteiger partial charge in [0.2, 0.25) is 0 Å². The molecule has 2 aliphatic heterocycles. The minimum Gasteiger partial charge on any atom is -0.376 e. The van der Waals surface area contributed by atoms with Gasteiger partial charge in [-0.1, -0.05) is 0 Å². The van der Waals surface area contributed by atoms with E-state index < -0.39 is 29.3 Å². The molecule has 0 saturated carbocycles. The Bertz CT molecular complexity index is 1420. The van der Waals surface area contributed by atoms with Crippen molar-refractivity contribution in [3.63, 3.8) is 0 Å². The number of carbonyl (C=O) groups is 1. The third kappa shape index (κ3) is 4.77. The van der Waals surface area contributed by atoms with Crippen LogP contribution in [-0.2, 0) is 10.9 Å². The van der Waals surface area contributed by atoms with Crippen molar-refractivity contribution in [2.24, 2.45) is 0 Å². The second-order valence-electron chi connectivity index (χ2n) is 9.58. The third-order valence-corrected chi connectivity index (χ3v) is 7.10. The molecule has 2 fully saturated rings. The van der Waals surface area contributed by atoms with Crippen LogP contribution in [0.15, 0.2) is 29.1 Å². The van der Waals surface area contributed by atoms with E-state index in [4.69, 9.17) is 4.74 Å². The van der Waals surface area contributed by atoms with E-state index in [-0.39, 0.29) is 45.2 Å². The van der Waals surface area contributed by atoms with Gasteiger partial charge in [-0.25, -0.2) is 14.4 Å².